The van der Waals surface area contributed by atoms with Crippen LogP contribution in [0.4, 0.5) is 28.9 Å². The van der Waals surface area contributed by atoms with Gasteiger partial charge in [-0.15, -0.1) is 24.8 Å². The minimum atomic E-state index is -4.26. The summed E-state index contributed by atoms with van der Waals surface area (Å²) in [4.78, 5) is 15.6. The zero-order valence-electron chi connectivity index (χ0n) is 14.4. The van der Waals surface area contributed by atoms with Gasteiger partial charge in [0.1, 0.15) is 0 Å². The van der Waals surface area contributed by atoms with Crippen LogP contribution in [0.25, 0.3) is 0 Å². The summed E-state index contributed by atoms with van der Waals surface area (Å²) in [5.41, 5.74) is 7.57. The van der Waals surface area contributed by atoms with Crippen molar-refractivity contribution in [2.75, 3.05) is 17.7 Å². The van der Waals surface area contributed by atoms with E-state index in [2.05, 4.69) is 15.0 Å². The van der Waals surface area contributed by atoms with Crippen molar-refractivity contribution in [1.82, 2.24) is 4.98 Å². The van der Waals surface area contributed by atoms with Crippen molar-refractivity contribution in [2.24, 2.45) is 0 Å². The minimum absolute atomic E-state index is 0. The Hall–Kier alpha value is -2.26. The van der Waals surface area contributed by atoms with Crippen molar-refractivity contribution in [3.8, 4) is 5.88 Å². The van der Waals surface area contributed by atoms with Crippen LogP contribution in [-0.2, 0) is 11.2 Å². The van der Waals surface area contributed by atoms with Crippen LogP contribution in [-0.4, -0.2) is 29.8 Å². The molecule has 0 spiro atoms. The van der Waals surface area contributed by atoms with E-state index in [0.717, 1.165) is 5.56 Å². The molecule has 0 unspecified atom stereocenters. The molecule has 0 aliphatic carbocycles. The molecule has 0 radical (unpaired) electrons. The molecule has 5 nitrogen and oxygen atoms in total. The molecule has 0 fully saturated rings. The molecule has 0 aliphatic rings. The maximum atomic E-state index is 12.8. The first-order valence-corrected chi connectivity index (χ1v) is 7.66. The Balaban J connectivity index is 0.00000364. The lowest BCUT2D eigenvalue weighted by Crippen LogP contribution is -2.33. The molecule has 2 aromatic rings. The zero-order valence-corrected chi connectivity index (χ0v) is 16.0. The van der Waals surface area contributed by atoms with E-state index in [1.807, 2.05) is 12.1 Å². The van der Waals surface area contributed by atoms with E-state index in [1.54, 1.807) is 12.1 Å². The highest BCUT2D eigenvalue weighted by Crippen LogP contribution is 2.24. The Morgan fingerprint density at radius 3 is 2.43 bits per heavy atom. The Bertz CT molecular complexity index is 749. The number of nitrogen functional groups attached to an aromatic ring is 1. The number of aryl methyl sites for hydroxylation is 1. The largest absolute Gasteiger partial charge is 0.471 e. The number of para-hydroxylation sites is 1. The summed E-state index contributed by atoms with van der Waals surface area (Å²) >= 11 is 0. The van der Waals surface area contributed by atoms with E-state index in [9.17, 15) is 22.4 Å². The SMILES string of the molecule is Cl.Cl.Nc1ccccc1CCC(=O)Nc1ccc(OCC(F)(F)C(F)F)nc1. The molecule has 0 saturated heterocycles. The third kappa shape index (κ3) is 7.77. The average Bonchev–Trinajstić information content (AvgIpc) is 2.60. The second kappa shape index (κ2) is 11.6. The summed E-state index contributed by atoms with van der Waals surface area (Å²) in [6.45, 7) is -1.48. The number of hydrogen-bond acceptors (Lipinski definition) is 4. The number of nitrogens with two attached hydrogens (primary N) is 1. The van der Waals surface area contributed by atoms with Crippen molar-refractivity contribution >= 4 is 42.1 Å². The Labute approximate surface area is 171 Å². The van der Waals surface area contributed by atoms with Gasteiger partial charge in [0.25, 0.3) is 0 Å². The molecule has 3 N–H and O–H groups in total. The van der Waals surface area contributed by atoms with Crippen molar-refractivity contribution in [2.45, 2.75) is 25.2 Å². The van der Waals surface area contributed by atoms with Gasteiger partial charge in [0.15, 0.2) is 6.61 Å². The highest BCUT2D eigenvalue weighted by atomic mass is 35.5. The van der Waals surface area contributed by atoms with Gasteiger partial charge in [0.2, 0.25) is 11.8 Å². The maximum absolute atomic E-state index is 12.8. The van der Waals surface area contributed by atoms with E-state index in [0.29, 0.717) is 17.8 Å². The number of hydrogen-bond donors (Lipinski definition) is 2. The zero-order chi connectivity index (χ0) is 19.2. The van der Waals surface area contributed by atoms with Crippen molar-refractivity contribution in [1.29, 1.82) is 0 Å². The number of carbonyl (C=O) groups is 1. The monoisotopic (exact) mass is 443 g/mol. The van der Waals surface area contributed by atoms with Gasteiger partial charge >= 0.3 is 12.3 Å². The first-order chi connectivity index (χ1) is 12.3. The molecule has 0 bridgehead atoms. The number of aromatic nitrogens is 1. The topological polar surface area (TPSA) is 77.2 Å². The van der Waals surface area contributed by atoms with Gasteiger partial charge in [-0.3, -0.25) is 4.79 Å². The Kier molecular flexibility index (Phi) is 10.6. The molecule has 156 valence electrons. The normalized spacial score (nSPS) is 10.6. The van der Waals surface area contributed by atoms with E-state index in [1.165, 1.54) is 18.3 Å². The molecule has 1 heterocycles. The molecular weight excluding hydrogens is 425 g/mol. The smallest absolute Gasteiger partial charge is 0.340 e. The van der Waals surface area contributed by atoms with Crippen LogP contribution >= 0.6 is 24.8 Å². The summed E-state index contributed by atoms with van der Waals surface area (Å²) in [6, 6.07) is 9.76. The number of anilines is 2. The fourth-order valence-electron chi connectivity index (χ4n) is 2.01. The number of pyridine rings is 1. The molecule has 0 aliphatic heterocycles. The minimum Gasteiger partial charge on any atom is -0.471 e. The number of halogens is 6. The lowest BCUT2D eigenvalue weighted by Gasteiger charge is -2.15. The molecule has 0 saturated carbocycles. The van der Waals surface area contributed by atoms with E-state index < -0.39 is 19.0 Å². The van der Waals surface area contributed by atoms with E-state index in [-0.39, 0.29) is 43.0 Å². The summed E-state index contributed by atoms with van der Waals surface area (Å²) in [5, 5.41) is 2.58. The van der Waals surface area contributed by atoms with Crippen molar-refractivity contribution in [3.05, 3.63) is 48.2 Å². The highest BCUT2D eigenvalue weighted by Gasteiger charge is 2.41. The predicted octanol–water partition coefficient (Wildman–Crippen LogP) is 4.36. The third-order valence-electron chi connectivity index (χ3n) is 3.43. The molecule has 1 aromatic carbocycles. The quantitative estimate of drug-likeness (QED) is 0.469. The number of alkyl halides is 4. The van der Waals surface area contributed by atoms with Crippen molar-refractivity contribution < 1.29 is 27.1 Å². The second-order valence-corrected chi connectivity index (χ2v) is 5.48. The number of nitrogens with one attached hydrogen (secondary N) is 1. The van der Waals surface area contributed by atoms with Gasteiger partial charge in [-0.1, -0.05) is 18.2 Å². The summed E-state index contributed by atoms with van der Waals surface area (Å²) in [7, 11) is 0. The summed E-state index contributed by atoms with van der Waals surface area (Å²) < 4.78 is 54.2. The first kappa shape index (κ1) is 25.7. The van der Waals surface area contributed by atoms with Gasteiger partial charge in [-0.05, 0) is 24.1 Å². The van der Waals surface area contributed by atoms with Crippen LogP contribution in [0.15, 0.2) is 42.6 Å². The van der Waals surface area contributed by atoms with Gasteiger partial charge in [0, 0.05) is 18.2 Å². The molecule has 1 amide bonds. The highest BCUT2D eigenvalue weighted by molar-refractivity contribution is 5.90. The number of ether oxygens (including phenoxy) is 1. The Morgan fingerprint density at radius 1 is 1.18 bits per heavy atom. The van der Waals surface area contributed by atoms with E-state index >= 15 is 0 Å². The standard InChI is InChI=1S/C17H17F4N3O2.2ClH/c18-16(19)17(20,21)10-26-15-8-6-12(9-23-15)24-14(25)7-5-11-3-1-2-4-13(11)22;;/h1-4,6,8-9,16H,5,7,10,22H2,(H,24,25);2*1H. The fraction of sp³-hybridized carbons (Fsp3) is 0.294. The van der Waals surface area contributed by atoms with Crippen LogP contribution in [0.5, 0.6) is 5.88 Å². The number of nitrogens with zero attached hydrogens (tertiary/aromatic N) is 1. The van der Waals surface area contributed by atoms with Crippen LogP contribution < -0.4 is 15.8 Å². The van der Waals surface area contributed by atoms with Crippen LogP contribution in [0.3, 0.4) is 0 Å². The van der Waals surface area contributed by atoms with Crippen LogP contribution in [0, 0.1) is 0 Å². The van der Waals surface area contributed by atoms with Crippen LogP contribution in [0.2, 0.25) is 0 Å². The average molecular weight is 444 g/mol. The van der Waals surface area contributed by atoms with E-state index in [4.69, 9.17) is 5.73 Å². The fourth-order valence-corrected chi connectivity index (χ4v) is 2.01. The third-order valence-corrected chi connectivity index (χ3v) is 3.43. The second-order valence-electron chi connectivity index (χ2n) is 5.48. The number of carbonyl (C=O) groups excluding carboxylic acids is 1. The molecule has 28 heavy (non-hydrogen) atoms. The lowest BCUT2D eigenvalue weighted by molar-refractivity contribution is -0.148. The Morgan fingerprint density at radius 2 is 1.86 bits per heavy atom. The molecule has 1 aromatic heterocycles. The van der Waals surface area contributed by atoms with Gasteiger partial charge in [-0.25, -0.2) is 13.8 Å². The number of benzene rings is 1. The van der Waals surface area contributed by atoms with Crippen molar-refractivity contribution in [3.63, 3.8) is 0 Å². The summed E-state index contributed by atoms with van der Waals surface area (Å²) in [6.07, 6.45) is -1.99. The molecule has 11 heteroatoms. The molecule has 2 rings (SSSR count). The van der Waals surface area contributed by atoms with Crippen LogP contribution in [0.1, 0.15) is 12.0 Å². The summed E-state index contributed by atoms with van der Waals surface area (Å²) in [5.74, 6) is -4.79. The maximum Gasteiger partial charge on any atom is 0.340 e. The molecule has 0 atom stereocenters. The number of amides is 1. The first-order valence-electron chi connectivity index (χ1n) is 7.66. The number of rotatable bonds is 8. The van der Waals surface area contributed by atoms with Gasteiger partial charge in [0.05, 0.1) is 11.9 Å². The predicted molar refractivity (Wildman–Crippen MR) is 103 cm³/mol. The van der Waals surface area contributed by atoms with Gasteiger partial charge in [-0.2, -0.15) is 8.78 Å². The van der Waals surface area contributed by atoms with Gasteiger partial charge < -0.3 is 15.8 Å². The molecular formula is C17H19Cl2F4N3O2. The lowest BCUT2D eigenvalue weighted by atomic mass is 10.1.